The monoisotopic (exact) mass is 464 g/mol. The number of hydrogen-bond acceptors (Lipinski definition) is 8. The minimum Gasteiger partial charge on any atom is -0.480 e. The van der Waals surface area contributed by atoms with E-state index in [1.807, 2.05) is 6.26 Å². The summed E-state index contributed by atoms with van der Waals surface area (Å²) in [5.74, 6) is -0.106. The van der Waals surface area contributed by atoms with Gasteiger partial charge in [0.1, 0.15) is 21.9 Å². The van der Waals surface area contributed by atoms with E-state index in [2.05, 4.69) is 0 Å². The number of aliphatic carboxylic acids is 1. The van der Waals surface area contributed by atoms with Gasteiger partial charge in [0, 0.05) is 23.8 Å². The lowest BCUT2D eigenvalue weighted by Crippen LogP contribution is -2.44. The highest BCUT2D eigenvalue weighted by molar-refractivity contribution is 8.26. The number of nitro benzene ring substituents is 1. The van der Waals surface area contributed by atoms with Crippen LogP contribution in [-0.2, 0) is 9.59 Å². The Bertz CT molecular complexity index is 1030. The predicted octanol–water partition coefficient (Wildman–Crippen LogP) is 4.26. The first-order valence-electron chi connectivity index (χ1n) is 8.65. The van der Waals surface area contributed by atoms with E-state index in [1.165, 1.54) is 30.0 Å². The highest BCUT2D eigenvalue weighted by Gasteiger charge is 2.40. The zero-order chi connectivity index (χ0) is 21.8. The molecule has 1 aromatic heterocycles. The van der Waals surface area contributed by atoms with E-state index in [9.17, 15) is 24.8 Å². The predicted molar refractivity (Wildman–Crippen MR) is 120 cm³/mol. The Morgan fingerprint density at radius 2 is 2.07 bits per heavy atom. The highest BCUT2D eigenvalue weighted by atomic mass is 32.2. The number of carbonyl (C=O) groups excluding carboxylic acids is 1. The van der Waals surface area contributed by atoms with Crippen LogP contribution in [-0.4, -0.2) is 49.2 Å². The molecule has 2 aromatic rings. The van der Waals surface area contributed by atoms with E-state index < -0.39 is 22.8 Å². The quantitative estimate of drug-likeness (QED) is 0.265. The number of furan rings is 1. The Morgan fingerprint density at radius 3 is 2.67 bits per heavy atom. The minimum atomic E-state index is -1.10. The molecule has 0 radical (unpaired) electrons. The molecule has 0 aliphatic carbocycles. The van der Waals surface area contributed by atoms with Crippen molar-refractivity contribution in [1.29, 1.82) is 0 Å². The lowest BCUT2D eigenvalue weighted by Gasteiger charge is -2.22. The summed E-state index contributed by atoms with van der Waals surface area (Å²) in [6.45, 7) is 0. The minimum absolute atomic E-state index is 0.0244. The highest BCUT2D eigenvalue weighted by Crippen LogP contribution is 2.35. The number of thiocarbonyl (C=S) groups is 1. The topological polar surface area (TPSA) is 114 Å². The summed E-state index contributed by atoms with van der Waals surface area (Å²) in [4.78, 5) is 36.1. The molecule has 1 amide bonds. The summed E-state index contributed by atoms with van der Waals surface area (Å²) in [6.07, 6.45) is 3.67. The molecule has 3 rings (SSSR count). The van der Waals surface area contributed by atoms with Crippen molar-refractivity contribution in [2.24, 2.45) is 0 Å². The lowest BCUT2D eigenvalue weighted by atomic mass is 10.1. The number of thioether (sulfide) groups is 2. The third-order valence-electron chi connectivity index (χ3n) is 4.28. The molecule has 1 aliphatic rings. The van der Waals surface area contributed by atoms with Crippen LogP contribution in [0.3, 0.4) is 0 Å². The van der Waals surface area contributed by atoms with Gasteiger partial charge in [0.05, 0.1) is 9.83 Å². The number of carboxylic acid groups (broad SMARTS) is 1. The number of nitro groups is 1. The Morgan fingerprint density at radius 1 is 1.37 bits per heavy atom. The Hall–Kier alpha value is -2.63. The number of amides is 1. The molecule has 0 saturated carbocycles. The fourth-order valence-corrected chi connectivity index (χ4v) is 4.60. The van der Waals surface area contributed by atoms with Crippen molar-refractivity contribution in [3.8, 4) is 11.3 Å². The molecule has 11 heteroatoms. The third kappa shape index (κ3) is 4.74. The van der Waals surface area contributed by atoms with Gasteiger partial charge < -0.3 is 9.52 Å². The summed E-state index contributed by atoms with van der Waals surface area (Å²) in [6, 6.07) is 8.24. The fourth-order valence-electron chi connectivity index (χ4n) is 2.80. The van der Waals surface area contributed by atoms with Crippen molar-refractivity contribution in [2.75, 3.05) is 12.0 Å². The van der Waals surface area contributed by atoms with Crippen LogP contribution in [0.2, 0.25) is 0 Å². The summed E-state index contributed by atoms with van der Waals surface area (Å²) in [5.41, 5.74) is 0.625. The average molecular weight is 465 g/mol. The van der Waals surface area contributed by atoms with Gasteiger partial charge in [-0.05, 0) is 42.7 Å². The molecular formula is C19H16N2O6S3. The van der Waals surface area contributed by atoms with Crippen molar-refractivity contribution in [1.82, 2.24) is 4.90 Å². The third-order valence-corrected chi connectivity index (χ3v) is 6.25. The van der Waals surface area contributed by atoms with Crippen molar-refractivity contribution in [3.63, 3.8) is 0 Å². The number of benzene rings is 1. The molecule has 30 heavy (non-hydrogen) atoms. The van der Waals surface area contributed by atoms with Crippen LogP contribution in [0.15, 0.2) is 45.7 Å². The molecule has 1 aliphatic heterocycles. The van der Waals surface area contributed by atoms with Crippen molar-refractivity contribution in [3.05, 3.63) is 57.2 Å². The first-order chi connectivity index (χ1) is 14.3. The molecule has 1 atom stereocenters. The summed E-state index contributed by atoms with van der Waals surface area (Å²) < 4.78 is 5.93. The normalized spacial score (nSPS) is 16.3. The second-order valence-corrected chi connectivity index (χ2v) is 8.85. The van der Waals surface area contributed by atoms with E-state index in [1.54, 1.807) is 24.3 Å². The van der Waals surface area contributed by atoms with Crippen molar-refractivity contribution < 1.29 is 24.0 Å². The van der Waals surface area contributed by atoms with Crippen LogP contribution in [0.5, 0.6) is 0 Å². The fraction of sp³-hybridized carbons (Fsp3) is 0.211. The van der Waals surface area contributed by atoms with Crippen LogP contribution in [0, 0.1) is 10.1 Å². The maximum Gasteiger partial charge on any atom is 0.326 e. The van der Waals surface area contributed by atoms with Gasteiger partial charge >= 0.3 is 5.97 Å². The number of hydrogen-bond donors (Lipinski definition) is 1. The molecular weight excluding hydrogens is 448 g/mol. The molecule has 1 N–H and O–H groups in total. The van der Waals surface area contributed by atoms with Gasteiger partial charge in [0.2, 0.25) is 0 Å². The second kappa shape index (κ2) is 9.45. The van der Waals surface area contributed by atoms with E-state index in [0.717, 1.165) is 16.7 Å². The summed E-state index contributed by atoms with van der Waals surface area (Å²) >= 11 is 7.77. The molecule has 0 unspecified atom stereocenters. The number of carboxylic acids is 1. The molecule has 1 aromatic carbocycles. The van der Waals surface area contributed by atoms with E-state index in [0.29, 0.717) is 29.3 Å². The standard InChI is InChI=1S/C19H16N2O6S3/c1-29-9-8-14(18(23)24)20-17(22)16(30-19(20)28)10-13-6-7-15(27-13)11-2-4-12(5-3-11)21(25)26/h2-7,10,14H,8-9H2,1H3,(H,23,24)/b16-10+/t14-/m1/s1. The lowest BCUT2D eigenvalue weighted by molar-refractivity contribution is -0.384. The molecule has 156 valence electrons. The summed E-state index contributed by atoms with van der Waals surface area (Å²) in [5, 5.41) is 20.3. The van der Waals surface area contributed by atoms with Gasteiger partial charge in [-0.15, -0.1) is 0 Å². The van der Waals surface area contributed by atoms with E-state index in [4.69, 9.17) is 16.6 Å². The summed E-state index contributed by atoms with van der Waals surface area (Å²) in [7, 11) is 0. The van der Waals surface area contributed by atoms with Crippen LogP contribution < -0.4 is 0 Å². The Balaban J connectivity index is 1.80. The van der Waals surface area contributed by atoms with Crippen LogP contribution in [0.25, 0.3) is 17.4 Å². The van der Waals surface area contributed by atoms with Crippen LogP contribution in [0.1, 0.15) is 12.2 Å². The van der Waals surface area contributed by atoms with Gasteiger partial charge in [-0.25, -0.2) is 4.79 Å². The van der Waals surface area contributed by atoms with Gasteiger partial charge in [0.15, 0.2) is 0 Å². The Labute approximate surface area is 185 Å². The van der Waals surface area contributed by atoms with Crippen LogP contribution >= 0.6 is 35.7 Å². The second-order valence-electron chi connectivity index (χ2n) is 6.19. The van der Waals surface area contributed by atoms with Gasteiger partial charge in [-0.2, -0.15) is 11.8 Å². The first-order valence-corrected chi connectivity index (χ1v) is 11.3. The van der Waals surface area contributed by atoms with Gasteiger partial charge in [-0.3, -0.25) is 19.8 Å². The number of non-ortho nitro benzene ring substituents is 1. The van der Waals surface area contributed by atoms with E-state index >= 15 is 0 Å². The number of carbonyl (C=O) groups is 2. The first kappa shape index (κ1) is 22.1. The van der Waals surface area contributed by atoms with Gasteiger partial charge in [-0.1, -0.05) is 24.0 Å². The molecule has 0 spiro atoms. The zero-order valence-corrected chi connectivity index (χ0v) is 18.1. The van der Waals surface area contributed by atoms with E-state index in [-0.39, 0.29) is 14.9 Å². The molecule has 2 heterocycles. The smallest absolute Gasteiger partial charge is 0.326 e. The SMILES string of the molecule is CSCC[C@H](C(=O)O)N1C(=O)/C(=C\c2ccc(-c3ccc([N+](=O)[O-])cc3)o2)SC1=S. The molecule has 0 bridgehead atoms. The molecule has 8 nitrogen and oxygen atoms in total. The number of nitrogens with zero attached hydrogens (tertiary/aromatic N) is 2. The Kier molecular flexibility index (Phi) is 6.95. The van der Waals surface area contributed by atoms with Crippen molar-refractivity contribution in [2.45, 2.75) is 12.5 Å². The molecule has 1 saturated heterocycles. The largest absolute Gasteiger partial charge is 0.480 e. The molecule has 1 fully saturated rings. The van der Waals surface area contributed by atoms with Gasteiger partial charge in [0.25, 0.3) is 11.6 Å². The van der Waals surface area contributed by atoms with Crippen LogP contribution in [0.4, 0.5) is 5.69 Å². The maximum absolute atomic E-state index is 12.8. The van der Waals surface area contributed by atoms with Crippen molar-refractivity contribution >= 4 is 63.7 Å². The zero-order valence-electron chi connectivity index (χ0n) is 15.6. The number of rotatable bonds is 8. The average Bonchev–Trinajstić information content (AvgIpc) is 3.28. The maximum atomic E-state index is 12.8.